The molecule has 116 valence electrons. The van der Waals surface area contributed by atoms with Crippen molar-refractivity contribution in [3.8, 4) is 5.88 Å². The van der Waals surface area contributed by atoms with Gasteiger partial charge >= 0.3 is 6.18 Å². The van der Waals surface area contributed by atoms with E-state index in [1.54, 1.807) is 0 Å². The molecule has 1 heterocycles. The van der Waals surface area contributed by atoms with Gasteiger partial charge in [0.05, 0.1) is 12.2 Å². The Morgan fingerprint density at radius 2 is 2.19 bits per heavy atom. The lowest BCUT2D eigenvalue weighted by Crippen LogP contribution is -2.13. The average Bonchev–Trinajstić information content (AvgIpc) is 2.35. The van der Waals surface area contributed by atoms with Gasteiger partial charge in [0.15, 0.2) is 0 Å². The molecule has 0 saturated heterocycles. The molecular formula is C12H12ClF3N2O3. The predicted octanol–water partition coefficient (Wildman–Crippen LogP) is 3.07. The molecule has 0 unspecified atom stereocenters. The third-order valence-electron chi connectivity index (χ3n) is 2.38. The molecule has 0 aliphatic carbocycles. The van der Waals surface area contributed by atoms with E-state index in [0.29, 0.717) is 12.5 Å². The van der Waals surface area contributed by atoms with E-state index in [1.807, 2.05) is 5.32 Å². The molecule has 0 radical (unpaired) electrons. The lowest BCUT2D eigenvalue weighted by molar-refractivity contribution is -0.137. The summed E-state index contributed by atoms with van der Waals surface area (Å²) in [5.41, 5.74) is -1.76. The Morgan fingerprint density at radius 3 is 2.71 bits per heavy atom. The summed E-state index contributed by atoms with van der Waals surface area (Å²) in [6, 6.07) is 0.593. The van der Waals surface area contributed by atoms with Gasteiger partial charge in [-0.05, 0) is 19.4 Å². The van der Waals surface area contributed by atoms with Gasteiger partial charge in [0, 0.05) is 6.42 Å². The Bertz CT molecular complexity index is 535. The Morgan fingerprint density at radius 1 is 1.52 bits per heavy atom. The molecule has 0 atom stereocenters. The van der Waals surface area contributed by atoms with Crippen molar-refractivity contribution in [3.05, 3.63) is 16.8 Å². The second-order valence-corrected chi connectivity index (χ2v) is 4.47. The van der Waals surface area contributed by atoms with Crippen LogP contribution < -0.4 is 10.1 Å². The van der Waals surface area contributed by atoms with E-state index in [1.165, 1.54) is 6.92 Å². The normalized spacial score (nSPS) is 11.1. The van der Waals surface area contributed by atoms with Crippen LogP contribution in [0.4, 0.5) is 18.9 Å². The third-order valence-corrected chi connectivity index (χ3v) is 2.57. The van der Waals surface area contributed by atoms with Gasteiger partial charge in [0.25, 0.3) is 0 Å². The van der Waals surface area contributed by atoms with Crippen LogP contribution in [0.5, 0.6) is 5.88 Å². The number of hydrogen-bond acceptors (Lipinski definition) is 4. The van der Waals surface area contributed by atoms with Crippen LogP contribution in [0.2, 0.25) is 5.15 Å². The highest BCUT2D eigenvalue weighted by molar-refractivity contribution is 6.29. The van der Waals surface area contributed by atoms with Crippen molar-refractivity contribution in [1.29, 1.82) is 0 Å². The number of carbonyl (C=O) groups is 2. The summed E-state index contributed by atoms with van der Waals surface area (Å²) in [4.78, 5) is 24.9. The summed E-state index contributed by atoms with van der Waals surface area (Å²) >= 11 is 5.53. The van der Waals surface area contributed by atoms with Crippen molar-refractivity contribution in [2.75, 3.05) is 11.9 Å². The molecule has 0 bridgehead atoms. The van der Waals surface area contributed by atoms with Gasteiger partial charge in [-0.2, -0.15) is 18.2 Å². The standard InChI is InChI=1S/C12H12ClF3N2O3/c1-7(20)3-2-4-21-11-10(17-6-19)8(12(14,15)16)5-9(13)18-11/h5-6H,2-4H2,1H3,(H,17,19). The predicted molar refractivity (Wildman–Crippen MR) is 69.3 cm³/mol. The fourth-order valence-corrected chi connectivity index (χ4v) is 1.69. The number of ketones is 1. The zero-order valence-corrected chi connectivity index (χ0v) is 11.7. The van der Waals surface area contributed by atoms with Crippen LogP contribution in [0.3, 0.4) is 0 Å². The monoisotopic (exact) mass is 324 g/mol. The Kier molecular flexibility index (Phi) is 5.95. The lowest BCUT2D eigenvalue weighted by Gasteiger charge is -2.16. The molecule has 0 aromatic carbocycles. The van der Waals surface area contributed by atoms with Gasteiger partial charge < -0.3 is 14.8 Å². The lowest BCUT2D eigenvalue weighted by atomic mass is 10.2. The summed E-state index contributed by atoms with van der Waals surface area (Å²) in [5.74, 6) is -0.509. The first-order valence-electron chi connectivity index (χ1n) is 5.86. The maximum atomic E-state index is 12.9. The Balaban J connectivity index is 3.03. The van der Waals surface area contributed by atoms with E-state index in [9.17, 15) is 22.8 Å². The van der Waals surface area contributed by atoms with Crippen molar-refractivity contribution in [2.45, 2.75) is 25.9 Å². The molecular weight excluding hydrogens is 313 g/mol. The van der Waals surface area contributed by atoms with Crippen LogP contribution >= 0.6 is 11.6 Å². The topological polar surface area (TPSA) is 68.3 Å². The highest BCUT2D eigenvalue weighted by Gasteiger charge is 2.36. The molecule has 0 saturated carbocycles. The van der Waals surface area contributed by atoms with Gasteiger partial charge in [-0.25, -0.2) is 0 Å². The fourth-order valence-electron chi connectivity index (χ4n) is 1.51. The maximum Gasteiger partial charge on any atom is 0.418 e. The number of rotatable bonds is 7. The highest BCUT2D eigenvalue weighted by Crippen LogP contribution is 2.40. The number of Topliss-reactive ketones (excluding diaryl/α,β-unsaturated/α-hetero) is 1. The van der Waals surface area contributed by atoms with Crippen LogP contribution in [-0.2, 0) is 15.8 Å². The van der Waals surface area contributed by atoms with Crippen molar-refractivity contribution in [3.63, 3.8) is 0 Å². The van der Waals surface area contributed by atoms with Gasteiger partial charge in [-0.1, -0.05) is 11.6 Å². The number of amides is 1. The van der Waals surface area contributed by atoms with E-state index in [2.05, 4.69) is 4.98 Å². The van der Waals surface area contributed by atoms with Crippen molar-refractivity contribution in [2.24, 2.45) is 0 Å². The number of ether oxygens (including phenoxy) is 1. The molecule has 1 amide bonds. The van der Waals surface area contributed by atoms with Crippen LogP contribution in [0.1, 0.15) is 25.3 Å². The SMILES string of the molecule is CC(=O)CCCOc1nc(Cl)cc(C(F)(F)F)c1NC=O. The van der Waals surface area contributed by atoms with Gasteiger partial charge in [0.1, 0.15) is 16.6 Å². The average molecular weight is 325 g/mol. The first kappa shape index (κ1) is 17.2. The third kappa shape index (κ3) is 5.22. The summed E-state index contributed by atoms with van der Waals surface area (Å²) in [5, 5.41) is 1.50. The van der Waals surface area contributed by atoms with Crippen LogP contribution in [0.25, 0.3) is 0 Å². The molecule has 9 heteroatoms. The van der Waals surface area contributed by atoms with Crippen molar-refractivity contribution in [1.82, 2.24) is 4.98 Å². The van der Waals surface area contributed by atoms with Crippen LogP contribution in [0.15, 0.2) is 6.07 Å². The van der Waals surface area contributed by atoms with E-state index in [-0.39, 0.29) is 25.2 Å². The number of halogens is 4. The second kappa shape index (κ2) is 7.26. The molecule has 1 aromatic heterocycles. The van der Waals surface area contributed by atoms with Crippen LogP contribution in [0, 0.1) is 0 Å². The molecule has 1 aromatic rings. The van der Waals surface area contributed by atoms with Gasteiger partial charge in [-0.3, -0.25) is 4.79 Å². The first-order chi connectivity index (χ1) is 9.75. The number of pyridine rings is 1. The Labute approximate surface area is 123 Å². The van der Waals surface area contributed by atoms with E-state index in [0.717, 1.165) is 0 Å². The summed E-state index contributed by atoms with van der Waals surface area (Å²) in [6.07, 6.45) is -4.10. The van der Waals surface area contributed by atoms with E-state index >= 15 is 0 Å². The zero-order chi connectivity index (χ0) is 16.0. The minimum Gasteiger partial charge on any atom is -0.476 e. The minimum absolute atomic E-state index is 0.0300. The molecule has 0 spiro atoms. The summed E-state index contributed by atoms with van der Waals surface area (Å²) in [7, 11) is 0. The van der Waals surface area contributed by atoms with Gasteiger partial charge in [0.2, 0.25) is 12.3 Å². The molecule has 21 heavy (non-hydrogen) atoms. The first-order valence-corrected chi connectivity index (χ1v) is 6.23. The molecule has 1 N–H and O–H groups in total. The van der Waals surface area contributed by atoms with Gasteiger partial charge in [-0.15, -0.1) is 0 Å². The van der Waals surface area contributed by atoms with Crippen LogP contribution in [-0.4, -0.2) is 23.8 Å². The Hall–Kier alpha value is -1.83. The molecule has 0 fully saturated rings. The largest absolute Gasteiger partial charge is 0.476 e. The fraction of sp³-hybridized carbons (Fsp3) is 0.417. The maximum absolute atomic E-state index is 12.9. The molecule has 5 nitrogen and oxygen atoms in total. The summed E-state index contributed by atoms with van der Waals surface area (Å²) in [6.45, 7) is 1.36. The highest BCUT2D eigenvalue weighted by atomic mass is 35.5. The van der Waals surface area contributed by atoms with E-state index < -0.39 is 28.5 Å². The number of anilines is 1. The molecule has 1 rings (SSSR count). The molecule has 0 aliphatic rings. The number of nitrogens with one attached hydrogen (secondary N) is 1. The smallest absolute Gasteiger partial charge is 0.418 e. The zero-order valence-electron chi connectivity index (χ0n) is 11.0. The number of alkyl halides is 3. The second-order valence-electron chi connectivity index (χ2n) is 4.09. The number of nitrogens with zero attached hydrogens (tertiary/aromatic N) is 1. The minimum atomic E-state index is -4.73. The number of carbonyl (C=O) groups excluding carboxylic acids is 2. The number of hydrogen-bond donors (Lipinski definition) is 1. The molecule has 0 aliphatic heterocycles. The van der Waals surface area contributed by atoms with E-state index in [4.69, 9.17) is 16.3 Å². The van der Waals surface area contributed by atoms with Crippen molar-refractivity contribution < 1.29 is 27.5 Å². The summed E-state index contributed by atoms with van der Waals surface area (Å²) < 4.78 is 43.7. The quantitative estimate of drug-likeness (QED) is 0.475. The van der Waals surface area contributed by atoms with Crippen molar-refractivity contribution >= 4 is 29.5 Å². The number of aromatic nitrogens is 1.